The summed E-state index contributed by atoms with van der Waals surface area (Å²) in [7, 11) is -3.73. The molecule has 0 aliphatic heterocycles. The van der Waals surface area contributed by atoms with Gasteiger partial charge >= 0.3 is 0 Å². The molecule has 1 fully saturated rings. The van der Waals surface area contributed by atoms with Crippen LogP contribution in [0.1, 0.15) is 40.6 Å². The van der Waals surface area contributed by atoms with E-state index in [0.717, 1.165) is 34.1 Å². The zero-order valence-electron chi connectivity index (χ0n) is 18.7. The van der Waals surface area contributed by atoms with Gasteiger partial charge in [0.15, 0.2) is 0 Å². The zero-order valence-corrected chi connectivity index (χ0v) is 19.5. The standard InChI is InChI=1S/C29H25NO2S/c1-19-14-16-22(17-15-19)33(31,32)30-28-13-6-5-10-23(28)20(2)29(30)27-18-26(27)25-12-7-9-21-8-3-4-11-24(21)25/h3-17,26-27H,18H2,1-2H3/t26-,27?/m0/s1. The Bertz CT molecular complexity index is 1620. The number of hydrogen-bond acceptors (Lipinski definition) is 2. The number of para-hydroxylation sites is 1. The van der Waals surface area contributed by atoms with Crippen molar-refractivity contribution in [3.8, 4) is 0 Å². The predicted molar refractivity (Wildman–Crippen MR) is 134 cm³/mol. The van der Waals surface area contributed by atoms with Gasteiger partial charge in [-0.25, -0.2) is 12.4 Å². The number of rotatable bonds is 4. The lowest BCUT2D eigenvalue weighted by Crippen LogP contribution is -2.16. The van der Waals surface area contributed by atoms with Crippen molar-refractivity contribution in [2.75, 3.05) is 0 Å². The Kier molecular flexibility index (Phi) is 4.49. The van der Waals surface area contributed by atoms with E-state index >= 15 is 0 Å². The van der Waals surface area contributed by atoms with Gasteiger partial charge in [0.1, 0.15) is 0 Å². The molecule has 6 rings (SSSR count). The molecule has 1 saturated carbocycles. The lowest BCUT2D eigenvalue weighted by Gasteiger charge is -2.14. The molecule has 2 atom stereocenters. The van der Waals surface area contributed by atoms with Crippen molar-refractivity contribution in [1.82, 2.24) is 3.97 Å². The van der Waals surface area contributed by atoms with E-state index in [1.165, 1.54) is 16.3 Å². The molecule has 0 bridgehead atoms. The van der Waals surface area contributed by atoms with Gasteiger partial charge in [0.2, 0.25) is 0 Å². The highest BCUT2D eigenvalue weighted by Gasteiger charge is 2.45. The van der Waals surface area contributed by atoms with Crippen LogP contribution in [0.2, 0.25) is 0 Å². The summed E-state index contributed by atoms with van der Waals surface area (Å²) in [5, 5.41) is 3.49. The first-order valence-electron chi connectivity index (χ1n) is 11.4. The van der Waals surface area contributed by atoms with Gasteiger partial charge < -0.3 is 0 Å². The quantitative estimate of drug-likeness (QED) is 0.297. The highest BCUT2D eigenvalue weighted by atomic mass is 32.2. The lowest BCUT2D eigenvalue weighted by atomic mass is 9.99. The van der Waals surface area contributed by atoms with Crippen molar-refractivity contribution >= 4 is 31.7 Å². The van der Waals surface area contributed by atoms with Crippen LogP contribution < -0.4 is 0 Å². The largest absolute Gasteiger partial charge is 0.268 e. The Hall–Kier alpha value is -3.37. The van der Waals surface area contributed by atoms with Gasteiger partial charge in [0.05, 0.1) is 10.4 Å². The average Bonchev–Trinajstić information content (AvgIpc) is 3.56. The van der Waals surface area contributed by atoms with E-state index in [2.05, 4.69) is 49.4 Å². The van der Waals surface area contributed by atoms with E-state index in [9.17, 15) is 8.42 Å². The molecule has 0 spiro atoms. The van der Waals surface area contributed by atoms with Crippen LogP contribution in [0.4, 0.5) is 0 Å². The predicted octanol–water partition coefficient (Wildman–Crippen LogP) is 6.92. The van der Waals surface area contributed by atoms with E-state index in [1.807, 2.05) is 43.3 Å². The third kappa shape index (κ3) is 3.12. The summed E-state index contributed by atoms with van der Waals surface area (Å²) in [5.41, 5.74) is 5.10. The van der Waals surface area contributed by atoms with Crippen LogP contribution in [0.3, 0.4) is 0 Å². The summed E-state index contributed by atoms with van der Waals surface area (Å²) in [6.45, 7) is 4.04. The third-order valence-corrected chi connectivity index (χ3v) is 8.80. The smallest absolute Gasteiger partial charge is 0.237 e. The topological polar surface area (TPSA) is 39.1 Å². The normalized spacial score (nSPS) is 18.1. The minimum Gasteiger partial charge on any atom is -0.237 e. The van der Waals surface area contributed by atoms with Gasteiger partial charge in [-0.1, -0.05) is 78.4 Å². The molecule has 0 amide bonds. The summed E-state index contributed by atoms with van der Waals surface area (Å²) in [5.74, 6) is 0.481. The van der Waals surface area contributed by atoms with Crippen molar-refractivity contribution in [3.63, 3.8) is 0 Å². The summed E-state index contributed by atoms with van der Waals surface area (Å²) in [4.78, 5) is 0.331. The highest BCUT2D eigenvalue weighted by molar-refractivity contribution is 7.90. The molecular weight excluding hydrogens is 426 g/mol. The van der Waals surface area contributed by atoms with Gasteiger partial charge in [-0.15, -0.1) is 0 Å². The maximum atomic E-state index is 13.9. The Morgan fingerprint density at radius 3 is 2.18 bits per heavy atom. The number of fused-ring (bicyclic) bond motifs is 2. The van der Waals surface area contributed by atoms with Crippen LogP contribution in [0.15, 0.2) is 95.9 Å². The second-order valence-electron chi connectivity index (χ2n) is 9.13. The molecular formula is C29H25NO2S. The highest BCUT2D eigenvalue weighted by Crippen LogP contribution is 2.58. The lowest BCUT2D eigenvalue weighted by molar-refractivity contribution is 0.586. The second kappa shape index (κ2) is 7.32. The van der Waals surface area contributed by atoms with Gasteiger partial charge in [0.25, 0.3) is 10.0 Å². The number of benzene rings is 4. The fourth-order valence-electron chi connectivity index (χ4n) is 5.31. The Morgan fingerprint density at radius 2 is 1.39 bits per heavy atom. The van der Waals surface area contributed by atoms with Crippen LogP contribution in [-0.2, 0) is 10.0 Å². The minimum absolute atomic E-state index is 0.170. The number of aryl methyl sites for hydroxylation is 2. The first kappa shape index (κ1) is 20.3. The molecule has 164 valence electrons. The third-order valence-electron chi connectivity index (χ3n) is 7.05. The molecule has 1 unspecified atom stereocenters. The van der Waals surface area contributed by atoms with Gasteiger partial charge in [-0.3, -0.25) is 0 Å². The molecule has 4 aromatic carbocycles. The maximum Gasteiger partial charge on any atom is 0.268 e. The zero-order chi connectivity index (χ0) is 22.7. The van der Waals surface area contributed by atoms with Crippen LogP contribution in [0, 0.1) is 13.8 Å². The van der Waals surface area contributed by atoms with Crippen LogP contribution in [0.5, 0.6) is 0 Å². The molecule has 1 aliphatic rings. The van der Waals surface area contributed by atoms with Crippen molar-refractivity contribution < 1.29 is 8.42 Å². The Balaban J connectivity index is 1.54. The molecule has 5 aromatic rings. The van der Waals surface area contributed by atoms with Gasteiger partial charge in [-0.2, -0.15) is 0 Å². The van der Waals surface area contributed by atoms with E-state index in [-0.39, 0.29) is 5.92 Å². The number of hydrogen-bond donors (Lipinski definition) is 0. The molecule has 3 nitrogen and oxygen atoms in total. The molecule has 4 heteroatoms. The first-order chi connectivity index (χ1) is 16.0. The van der Waals surface area contributed by atoms with Crippen LogP contribution >= 0.6 is 0 Å². The van der Waals surface area contributed by atoms with Crippen LogP contribution in [0.25, 0.3) is 21.7 Å². The summed E-state index contributed by atoms with van der Waals surface area (Å²) in [6.07, 6.45) is 0.953. The summed E-state index contributed by atoms with van der Waals surface area (Å²) in [6, 6.07) is 29.9. The molecule has 1 aliphatic carbocycles. The molecule has 33 heavy (non-hydrogen) atoms. The minimum atomic E-state index is -3.73. The molecule has 1 aromatic heterocycles. The van der Waals surface area contributed by atoms with E-state index in [4.69, 9.17) is 0 Å². The fourth-order valence-corrected chi connectivity index (χ4v) is 6.95. The first-order valence-corrected chi connectivity index (χ1v) is 12.8. The van der Waals surface area contributed by atoms with Gasteiger partial charge in [-0.05, 0) is 66.3 Å². The maximum absolute atomic E-state index is 13.9. The number of nitrogens with zero attached hydrogens (tertiary/aromatic N) is 1. The van der Waals surface area contributed by atoms with Crippen molar-refractivity contribution in [2.24, 2.45) is 0 Å². The Morgan fingerprint density at radius 1 is 0.727 bits per heavy atom. The average molecular weight is 452 g/mol. The summed E-state index contributed by atoms with van der Waals surface area (Å²) >= 11 is 0. The number of aromatic nitrogens is 1. The summed E-state index contributed by atoms with van der Waals surface area (Å²) < 4.78 is 29.5. The van der Waals surface area contributed by atoms with Crippen molar-refractivity contribution in [3.05, 3.63) is 113 Å². The Labute approximate surface area is 194 Å². The molecule has 0 radical (unpaired) electrons. The molecule has 1 heterocycles. The molecule has 0 saturated heterocycles. The van der Waals surface area contributed by atoms with Crippen LogP contribution in [-0.4, -0.2) is 12.4 Å². The van der Waals surface area contributed by atoms with E-state index in [0.29, 0.717) is 10.8 Å². The SMILES string of the molecule is Cc1ccc(S(=O)(=O)n2c(C3C[C@H]3c3cccc4ccccc34)c(C)c3ccccc32)cc1. The van der Waals surface area contributed by atoms with Crippen molar-refractivity contribution in [1.29, 1.82) is 0 Å². The fraction of sp³-hybridized carbons (Fsp3) is 0.172. The van der Waals surface area contributed by atoms with E-state index < -0.39 is 10.0 Å². The van der Waals surface area contributed by atoms with Crippen molar-refractivity contribution in [2.45, 2.75) is 37.0 Å². The molecule has 0 N–H and O–H groups in total. The van der Waals surface area contributed by atoms with E-state index in [1.54, 1.807) is 16.1 Å². The monoisotopic (exact) mass is 451 g/mol. The van der Waals surface area contributed by atoms with Gasteiger partial charge in [0, 0.05) is 17.0 Å². The second-order valence-corrected chi connectivity index (χ2v) is 10.9.